The second-order valence-electron chi connectivity index (χ2n) is 10.6. The van der Waals surface area contributed by atoms with Gasteiger partial charge in [-0.1, -0.05) is 6.07 Å². The Bertz CT molecular complexity index is 1430. The maximum Gasteiger partial charge on any atom is 0.256 e. The molecule has 1 spiro atoms. The number of hydrogen-bond acceptors (Lipinski definition) is 4. The molecule has 2 N–H and O–H groups in total. The summed E-state index contributed by atoms with van der Waals surface area (Å²) in [5.41, 5.74) is 4.31. The first-order valence-electron chi connectivity index (χ1n) is 12.6. The van der Waals surface area contributed by atoms with Crippen molar-refractivity contribution >= 4 is 28.3 Å². The summed E-state index contributed by atoms with van der Waals surface area (Å²) in [5, 5.41) is 10.8. The number of benzene rings is 3. The van der Waals surface area contributed by atoms with Crippen LogP contribution in [0.5, 0.6) is 0 Å². The average molecular weight is 502 g/mol. The van der Waals surface area contributed by atoms with Gasteiger partial charge in [0.1, 0.15) is 11.6 Å². The van der Waals surface area contributed by atoms with Gasteiger partial charge >= 0.3 is 0 Å². The molecule has 0 bridgehead atoms. The van der Waals surface area contributed by atoms with E-state index in [0.29, 0.717) is 28.8 Å². The van der Waals surface area contributed by atoms with Crippen molar-refractivity contribution in [2.45, 2.75) is 19.3 Å². The van der Waals surface area contributed by atoms with E-state index in [1.807, 2.05) is 42.5 Å². The Balaban J connectivity index is 1.13. The number of piperidine rings is 1. The Morgan fingerprint density at radius 3 is 2.38 bits per heavy atom. The number of rotatable bonds is 5. The number of aromatic amines is 1. The Hall–Kier alpha value is -3.78. The van der Waals surface area contributed by atoms with Crippen LogP contribution >= 0.6 is 0 Å². The molecule has 0 radical (unpaired) electrons. The summed E-state index contributed by atoms with van der Waals surface area (Å²) in [4.78, 5) is 17.8. The van der Waals surface area contributed by atoms with Crippen molar-refractivity contribution in [2.75, 3.05) is 43.4 Å². The van der Waals surface area contributed by atoms with Gasteiger partial charge in [0.15, 0.2) is 5.82 Å². The van der Waals surface area contributed by atoms with Crippen molar-refractivity contribution < 1.29 is 13.6 Å². The highest BCUT2D eigenvalue weighted by Gasteiger charge is 2.44. The lowest BCUT2D eigenvalue weighted by Crippen LogP contribution is -2.60. The first-order chi connectivity index (χ1) is 17.9. The van der Waals surface area contributed by atoms with E-state index in [4.69, 9.17) is 0 Å². The number of carbonyl (C=O) groups is 1. The lowest BCUT2D eigenvalue weighted by molar-refractivity contribution is 0.0906. The highest BCUT2D eigenvalue weighted by molar-refractivity contribution is 6.08. The van der Waals surface area contributed by atoms with Crippen molar-refractivity contribution in [2.24, 2.45) is 5.41 Å². The van der Waals surface area contributed by atoms with Gasteiger partial charge in [-0.05, 0) is 99.1 Å². The van der Waals surface area contributed by atoms with E-state index in [0.717, 1.165) is 41.3 Å². The molecule has 2 saturated heterocycles. The number of nitrogens with zero attached hydrogens (tertiary/aromatic N) is 3. The second-order valence-corrected chi connectivity index (χ2v) is 10.6. The molecule has 6 nitrogen and oxygen atoms in total. The topological polar surface area (TPSA) is 64.3 Å². The van der Waals surface area contributed by atoms with Crippen LogP contribution in [-0.2, 0) is 6.42 Å². The van der Waals surface area contributed by atoms with Gasteiger partial charge in [0.2, 0.25) is 0 Å². The van der Waals surface area contributed by atoms with E-state index in [-0.39, 0.29) is 5.91 Å². The van der Waals surface area contributed by atoms with Crippen LogP contribution < -0.4 is 10.2 Å². The van der Waals surface area contributed by atoms with E-state index >= 15 is 0 Å². The number of fused-ring (bicyclic) bond motifs is 1. The van der Waals surface area contributed by atoms with Gasteiger partial charge in [0.25, 0.3) is 5.91 Å². The molecule has 1 aromatic heterocycles. The zero-order valence-electron chi connectivity index (χ0n) is 20.7. The minimum atomic E-state index is -0.603. The average Bonchev–Trinajstić information content (AvgIpc) is 3.24. The Labute approximate surface area is 214 Å². The smallest absolute Gasteiger partial charge is 0.256 e. The number of H-pyrrole nitrogens is 1. The molecule has 3 heterocycles. The number of anilines is 2. The number of halogens is 2. The van der Waals surface area contributed by atoms with E-state index in [1.54, 1.807) is 0 Å². The molecule has 2 aliphatic heterocycles. The molecule has 2 aliphatic rings. The lowest BCUT2D eigenvalue weighted by atomic mass is 9.72. The van der Waals surface area contributed by atoms with Crippen LogP contribution in [0.15, 0.2) is 60.7 Å². The summed E-state index contributed by atoms with van der Waals surface area (Å²) >= 11 is 0. The summed E-state index contributed by atoms with van der Waals surface area (Å²) < 4.78 is 27.2. The third-order valence-electron chi connectivity index (χ3n) is 7.78. The Morgan fingerprint density at radius 1 is 0.973 bits per heavy atom. The van der Waals surface area contributed by atoms with Gasteiger partial charge in [0.05, 0.1) is 5.52 Å². The normalized spacial score (nSPS) is 17.2. The number of hydrogen-bond donors (Lipinski definition) is 2. The zero-order valence-corrected chi connectivity index (χ0v) is 20.7. The number of aromatic nitrogens is 2. The summed E-state index contributed by atoms with van der Waals surface area (Å²) in [7, 11) is 2.19. The standard InChI is InChI=1S/C29H29F2N5O/c1-35-10-8-29(9-11-35)17-36(18-29)24-5-3-21(4-6-24)28(37)32-27-25-15-19(2-7-26(25)33-34-27)12-20-13-22(30)16-23(31)14-20/h2-7,13-16H,8-12,17-18H2,1H3,(H2,32,33,34,37). The van der Waals surface area contributed by atoms with Gasteiger partial charge in [-0.3, -0.25) is 9.89 Å². The molecular formula is C29H29F2N5O. The molecular weight excluding hydrogens is 472 g/mol. The van der Waals surface area contributed by atoms with Crippen molar-refractivity contribution in [1.82, 2.24) is 15.1 Å². The van der Waals surface area contributed by atoms with Crippen LogP contribution in [0.25, 0.3) is 10.9 Å². The van der Waals surface area contributed by atoms with Gasteiger partial charge in [-0.15, -0.1) is 0 Å². The molecule has 1 amide bonds. The molecule has 6 rings (SSSR count). The number of amides is 1. The maximum absolute atomic E-state index is 13.6. The minimum absolute atomic E-state index is 0.243. The van der Waals surface area contributed by atoms with Crippen LogP contribution in [-0.4, -0.2) is 54.2 Å². The SMILES string of the molecule is CN1CCC2(CC1)CN(c1ccc(C(=O)Nc3n[nH]c4ccc(Cc5cc(F)cc(F)c5)cc34)cc1)C2. The van der Waals surface area contributed by atoms with Gasteiger partial charge in [-0.25, -0.2) is 8.78 Å². The first-order valence-corrected chi connectivity index (χ1v) is 12.6. The highest BCUT2D eigenvalue weighted by atomic mass is 19.1. The third-order valence-corrected chi connectivity index (χ3v) is 7.78. The van der Waals surface area contributed by atoms with Crippen molar-refractivity contribution in [3.8, 4) is 0 Å². The summed E-state index contributed by atoms with van der Waals surface area (Å²) in [6.07, 6.45) is 2.86. The summed E-state index contributed by atoms with van der Waals surface area (Å²) in [6.45, 7) is 4.49. The number of likely N-dealkylation sites (tertiary alicyclic amines) is 1. The largest absolute Gasteiger partial charge is 0.370 e. The number of carbonyl (C=O) groups excluding carboxylic acids is 1. The quantitative estimate of drug-likeness (QED) is 0.394. The molecule has 0 unspecified atom stereocenters. The minimum Gasteiger partial charge on any atom is -0.370 e. The van der Waals surface area contributed by atoms with Gasteiger partial charge in [-0.2, -0.15) is 5.10 Å². The predicted octanol–water partition coefficient (Wildman–Crippen LogP) is 5.22. The molecule has 8 heteroatoms. The molecule has 0 atom stereocenters. The van der Waals surface area contributed by atoms with Crippen molar-refractivity contribution in [3.05, 3.63) is 89.0 Å². The van der Waals surface area contributed by atoms with Crippen LogP contribution in [0.4, 0.5) is 20.3 Å². The van der Waals surface area contributed by atoms with Crippen LogP contribution in [0.3, 0.4) is 0 Å². The van der Waals surface area contributed by atoms with E-state index in [9.17, 15) is 13.6 Å². The van der Waals surface area contributed by atoms with Gasteiger partial charge < -0.3 is 15.1 Å². The van der Waals surface area contributed by atoms with Crippen LogP contribution in [0.2, 0.25) is 0 Å². The summed E-state index contributed by atoms with van der Waals surface area (Å²) in [5.74, 6) is -1.03. The van der Waals surface area contributed by atoms with E-state index in [2.05, 4.69) is 32.4 Å². The Morgan fingerprint density at radius 2 is 1.68 bits per heavy atom. The van der Waals surface area contributed by atoms with Gasteiger partial charge in [0, 0.05) is 41.2 Å². The highest BCUT2D eigenvalue weighted by Crippen LogP contribution is 2.42. The maximum atomic E-state index is 13.6. The molecule has 4 aromatic rings. The second kappa shape index (κ2) is 9.27. The third kappa shape index (κ3) is 4.81. The molecule has 3 aromatic carbocycles. The van der Waals surface area contributed by atoms with Crippen LogP contribution in [0.1, 0.15) is 34.3 Å². The fourth-order valence-corrected chi connectivity index (χ4v) is 5.57. The molecule has 2 fully saturated rings. The number of nitrogens with one attached hydrogen (secondary N) is 2. The zero-order chi connectivity index (χ0) is 25.6. The monoisotopic (exact) mass is 501 g/mol. The molecule has 0 saturated carbocycles. The fourth-order valence-electron chi connectivity index (χ4n) is 5.57. The van der Waals surface area contributed by atoms with Crippen molar-refractivity contribution in [1.29, 1.82) is 0 Å². The molecule has 37 heavy (non-hydrogen) atoms. The fraction of sp³-hybridized carbons (Fsp3) is 0.310. The first kappa shape index (κ1) is 23.6. The molecule has 0 aliphatic carbocycles. The van der Waals surface area contributed by atoms with Crippen molar-refractivity contribution in [3.63, 3.8) is 0 Å². The lowest BCUT2D eigenvalue weighted by Gasteiger charge is -2.54. The summed E-state index contributed by atoms with van der Waals surface area (Å²) in [6, 6.07) is 16.8. The van der Waals surface area contributed by atoms with Crippen LogP contribution in [0, 0.1) is 17.0 Å². The van der Waals surface area contributed by atoms with E-state index in [1.165, 1.54) is 38.1 Å². The van der Waals surface area contributed by atoms with E-state index < -0.39 is 11.6 Å². The predicted molar refractivity (Wildman–Crippen MR) is 141 cm³/mol. The molecule has 190 valence electrons. The Kier molecular flexibility index (Phi) is 5.91.